The average Bonchev–Trinajstić information content (AvgIpc) is 3.05. The van der Waals surface area contributed by atoms with E-state index in [0.29, 0.717) is 17.0 Å². The molecular weight excluding hydrogens is 360 g/mol. The lowest BCUT2D eigenvalue weighted by molar-refractivity contribution is -0.384. The van der Waals surface area contributed by atoms with E-state index in [1.807, 2.05) is 24.3 Å². The first-order chi connectivity index (χ1) is 13.6. The van der Waals surface area contributed by atoms with Crippen molar-refractivity contribution >= 4 is 17.4 Å². The number of carbonyl (C=O) groups is 1. The van der Waals surface area contributed by atoms with Crippen LogP contribution in [0.25, 0.3) is 11.1 Å². The molecule has 138 valence electrons. The Bertz CT molecular complexity index is 1140. The van der Waals surface area contributed by atoms with E-state index in [0.717, 1.165) is 16.7 Å². The molecule has 0 fully saturated rings. The lowest BCUT2D eigenvalue weighted by atomic mass is 10.1. The highest BCUT2D eigenvalue weighted by atomic mass is 16.7. The average molecular weight is 374 g/mol. The van der Waals surface area contributed by atoms with E-state index in [-0.39, 0.29) is 11.3 Å². The van der Waals surface area contributed by atoms with Crippen LogP contribution in [0.15, 0.2) is 71.9 Å². The van der Waals surface area contributed by atoms with Gasteiger partial charge in [0.2, 0.25) is 0 Å². The first kappa shape index (κ1) is 17.4. The van der Waals surface area contributed by atoms with Crippen LogP contribution >= 0.6 is 0 Å². The van der Waals surface area contributed by atoms with Gasteiger partial charge in [0.15, 0.2) is 0 Å². The Hall–Kier alpha value is -4.00. The van der Waals surface area contributed by atoms with Gasteiger partial charge in [-0.3, -0.25) is 10.1 Å². The summed E-state index contributed by atoms with van der Waals surface area (Å²) in [6.07, 6.45) is 0. The van der Waals surface area contributed by atoms with Gasteiger partial charge in [0.05, 0.1) is 12.0 Å². The van der Waals surface area contributed by atoms with Crippen LogP contribution < -0.4 is 4.74 Å². The normalized spacial score (nSPS) is 13.0. The number of ether oxygens (including phenoxy) is 1. The van der Waals surface area contributed by atoms with E-state index >= 15 is 0 Å². The van der Waals surface area contributed by atoms with E-state index in [2.05, 4.69) is 5.16 Å². The highest BCUT2D eigenvalue weighted by Gasteiger charge is 2.28. The molecule has 0 bridgehead atoms. The first-order valence-corrected chi connectivity index (χ1v) is 8.41. The molecule has 0 saturated carbocycles. The van der Waals surface area contributed by atoms with E-state index in [9.17, 15) is 14.9 Å². The summed E-state index contributed by atoms with van der Waals surface area (Å²) in [4.78, 5) is 28.3. The largest absolute Gasteiger partial charge is 0.496 e. The Balaban J connectivity index is 1.76. The summed E-state index contributed by atoms with van der Waals surface area (Å²) in [5, 5.41) is 15.2. The fourth-order valence-corrected chi connectivity index (χ4v) is 3.19. The number of oxime groups is 1. The Morgan fingerprint density at radius 1 is 0.929 bits per heavy atom. The fraction of sp³-hybridized carbons (Fsp3) is 0.0476. The maximum atomic E-state index is 12.5. The third-order valence-corrected chi connectivity index (χ3v) is 4.49. The summed E-state index contributed by atoms with van der Waals surface area (Å²) in [6, 6.07) is 18.6. The molecule has 0 radical (unpaired) electrons. The van der Waals surface area contributed by atoms with Crippen LogP contribution in [0, 0.1) is 10.1 Å². The van der Waals surface area contributed by atoms with Crippen LogP contribution in [0.1, 0.15) is 21.5 Å². The molecule has 0 heterocycles. The van der Waals surface area contributed by atoms with Crippen molar-refractivity contribution in [1.82, 2.24) is 0 Å². The molecule has 7 heteroatoms. The number of carbonyl (C=O) groups excluding carboxylic acids is 1. The predicted molar refractivity (Wildman–Crippen MR) is 103 cm³/mol. The van der Waals surface area contributed by atoms with Crippen molar-refractivity contribution in [3.05, 3.63) is 93.5 Å². The molecule has 0 saturated heterocycles. The Kier molecular flexibility index (Phi) is 4.33. The first-order valence-electron chi connectivity index (χ1n) is 8.41. The van der Waals surface area contributed by atoms with Gasteiger partial charge in [0.25, 0.3) is 5.69 Å². The molecule has 0 atom stereocenters. The summed E-state index contributed by atoms with van der Waals surface area (Å²) in [5.41, 5.74) is 3.51. The van der Waals surface area contributed by atoms with Gasteiger partial charge in [-0.05, 0) is 29.3 Å². The lowest BCUT2D eigenvalue weighted by Crippen LogP contribution is -2.07. The second-order valence-electron chi connectivity index (χ2n) is 6.05. The number of para-hydroxylation sites is 1. The Morgan fingerprint density at radius 2 is 1.61 bits per heavy atom. The number of fused-ring (bicyclic) bond motifs is 3. The minimum atomic E-state index is -0.679. The van der Waals surface area contributed by atoms with Gasteiger partial charge in [-0.1, -0.05) is 41.6 Å². The summed E-state index contributed by atoms with van der Waals surface area (Å²) < 4.78 is 5.17. The number of nitrogens with zero attached hydrogens (tertiary/aromatic N) is 2. The van der Waals surface area contributed by atoms with Gasteiger partial charge in [-0.2, -0.15) is 0 Å². The molecule has 0 unspecified atom stereocenters. The fourth-order valence-electron chi connectivity index (χ4n) is 3.19. The minimum absolute atomic E-state index is 0.0599. The number of benzene rings is 3. The zero-order valence-corrected chi connectivity index (χ0v) is 14.8. The number of nitro benzene ring substituents is 1. The topological polar surface area (TPSA) is 91.0 Å². The highest BCUT2D eigenvalue weighted by Crippen LogP contribution is 2.38. The number of rotatable bonds is 4. The van der Waals surface area contributed by atoms with Crippen LogP contribution in [-0.2, 0) is 4.84 Å². The molecule has 0 aliphatic heterocycles. The molecule has 0 amide bonds. The van der Waals surface area contributed by atoms with Crippen molar-refractivity contribution in [2.45, 2.75) is 0 Å². The molecule has 3 aromatic carbocycles. The monoisotopic (exact) mass is 374 g/mol. The maximum absolute atomic E-state index is 12.5. The smallest absolute Gasteiger partial charge is 0.369 e. The molecule has 1 aliphatic rings. The molecule has 7 nitrogen and oxygen atoms in total. The van der Waals surface area contributed by atoms with E-state index < -0.39 is 10.9 Å². The van der Waals surface area contributed by atoms with Crippen LogP contribution in [-0.4, -0.2) is 23.7 Å². The van der Waals surface area contributed by atoms with Crippen molar-refractivity contribution in [2.75, 3.05) is 7.11 Å². The molecule has 1 aliphatic carbocycles. The Labute approximate surface area is 160 Å². The molecule has 0 spiro atoms. The molecule has 28 heavy (non-hydrogen) atoms. The van der Waals surface area contributed by atoms with Gasteiger partial charge in [-0.25, -0.2) is 4.79 Å². The van der Waals surface area contributed by atoms with Gasteiger partial charge < -0.3 is 9.57 Å². The van der Waals surface area contributed by atoms with Crippen LogP contribution in [0.2, 0.25) is 0 Å². The number of hydrogen-bond donors (Lipinski definition) is 0. The summed E-state index contributed by atoms with van der Waals surface area (Å²) in [6.45, 7) is 0. The highest BCUT2D eigenvalue weighted by molar-refractivity contribution is 6.24. The Morgan fingerprint density at radius 3 is 2.36 bits per heavy atom. The third kappa shape index (κ3) is 2.88. The van der Waals surface area contributed by atoms with Crippen LogP contribution in [0.3, 0.4) is 0 Å². The zero-order chi connectivity index (χ0) is 19.7. The second kappa shape index (κ2) is 6.96. The van der Waals surface area contributed by atoms with E-state index in [1.54, 1.807) is 30.3 Å². The number of nitro groups is 1. The lowest BCUT2D eigenvalue weighted by Gasteiger charge is -2.06. The van der Waals surface area contributed by atoms with Crippen LogP contribution in [0.5, 0.6) is 5.75 Å². The van der Waals surface area contributed by atoms with Crippen LogP contribution in [0.4, 0.5) is 5.69 Å². The van der Waals surface area contributed by atoms with Crippen molar-refractivity contribution in [1.29, 1.82) is 0 Å². The standard InChI is InChI=1S/C21H14N2O5/c1-27-19-9-5-4-8-17(19)21(24)28-22-20-16-7-3-2-6-14(16)15-11-10-13(23(25)26)12-18(15)20/h2-12H,1H3/b22-20-. The number of non-ortho nitro benzene ring substituents is 1. The second-order valence-corrected chi connectivity index (χ2v) is 6.05. The van der Waals surface area contributed by atoms with Crippen molar-refractivity contribution in [3.8, 4) is 16.9 Å². The van der Waals surface area contributed by atoms with Gasteiger partial charge in [-0.15, -0.1) is 0 Å². The van der Waals surface area contributed by atoms with Crippen molar-refractivity contribution in [2.24, 2.45) is 5.16 Å². The molecule has 3 aromatic rings. The maximum Gasteiger partial charge on any atom is 0.369 e. The van der Waals surface area contributed by atoms with Gasteiger partial charge >= 0.3 is 5.97 Å². The molecule has 0 N–H and O–H groups in total. The van der Waals surface area contributed by atoms with E-state index in [1.165, 1.54) is 19.2 Å². The summed E-state index contributed by atoms with van der Waals surface area (Å²) in [7, 11) is 1.46. The molecule has 0 aromatic heterocycles. The van der Waals surface area contributed by atoms with Crippen molar-refractivity contribution < 1.29 is 19.3 Å². The number of hydrogen-bond acceptors (Lipinski definition) is 6. The zero-order valence-electron chi connectivity index (χ0n) is 14.8. The van der Waals surface area contributed by atoms with E-state index in [4.69, 9.17) is 9.57 Å². The summed E-state index contributed by atoms with van der Waals surface area (Å²) in [5.74, 6) is -0.308. The summed E-state index contributed by atoms with van der Waals surface area (Å²) >= 11 is 0. The predicted octanol–water partition coefficient (Wildman–Crippen LogP) is 4.19. The SMILES string of the molecule is COc1ccccc1C(=O)O/N=C1/c2ccccc2-c2ccc([N+](=O)[O-])cc21. The third-order valence-electron chi connectivity index (χ3n) is 4.49. The van der Waals surface area contributed by atoms with Crippen molar-refractivity contribution in [3.63, 3.8) is 0 Å². The molecule has 4 rings (SSSR count). The quantitative estimate of drug-likeness (QED) is 0.303. The van der Waals surface area contributed by atoms with Gasteiger partial charge in [0.1, 0.15) is 17.0 Å². The number of methoxy groups -OCH3 is 1. The van der Waals surface area contributed by atoms with Gasteiger partial charge in [0, 0.05) is 23.3 Å². The minimum Gasteiger partial charge on any atom is -0.496 e. The molecular formula is C21H14N2O5.